The number of ether oxygens (including phenoxy) is 1. The maximum atomic E-state index is 6.21. The van der Waals surface area contributed by atoms with Crippen molar-refractivity contribution in [2.24, 2.45) is 5.73 Å². The van der Waals surface area contributed by atoms with Gasteiger partial charge in [0.15, 0.2) is 0 Å². The Morgan fingerprint density at radius 1 is 1.38 bits per heavy atom. The van der Waals surface area contributed by atoms with Crippen LogP contribution in [0.2, 0.25) is 5.02 Å². The normalized spacial score (nSPS) is 12.6. The molecule has 1 aromatic carbocycles. The second-order valence-electron chi connectivity index (χ2n) is 4.03. The molecule has 0 aromatic heterocycles. The van der Waals surface area contributed by atoms with Crippen LogP contribution in [0.3, 0.4) is 0 Å². The summed E-state index contributed by atoms with van der Waals surface area (Å²) >= 11 is 6.21. The summed E-state index contributed by atoms with van der Waals surface area (Å²) in [5.74, 6) is 0.790. The Kier molecular flexibility index (Phi) is 5.10. The van der Waals surface area contributed by atoms with Crippen molar-refractivity contribution in [3.8, 4) is 5.75 Å². The second kappa shape index (κ2) is 6.12. The molecule has 0 radical (unpaired) electrons. The number of hydrogen-bond acceptors (Lipinski definition) is 2. The van der Waals surface area contributed by atoms with Crippen LogP contribution in [0.15, 0.2) is 12.1 Å². The lowest BCUT2D eigenvalue weighted by molar-refractivity contribution is 0.336. The van der Waals surface area contributed by atoms with Crippen LogP contribution in [0.5, 0.6) is 5.75 Å². The van der Waals surface area contributed by atoms with Gasteiger partial charge in [-0.3, -0.25) is 0 Å². The highest BCUT2D eigenvalue weighted by atomic mass is 35.5. The zero-order valence-corrected chi connectivity index (χ0v) is 11.0. The van der Waals surface area contributed by atoms with Gasteiger partial charge < -0.3 is 10.5 Å². The Bertz CT molecular complexity index is 350. The van der Waals surface area contributed by atoms with Crippen LogP contribution in [-0.4, -0.2) is 12.6 Å². The maximum Gasteiger partial charge on any atom is 0.141 e. The molecule has 3 heteroatoms. The van der Waals surface area contributed by atoms with Gasteiger partial charge in [0.25, 0.3) is 0 Å². The van der Waals surface area contributed by atoms with E-state index in [0.29, 0.717) is 11.6 Å². The summed E-state index contributed by atoms with van der Waals surface area (Å²) in [5.41, 5.74) is 8.17. The van der Waals surface area contributed by atoms with Crippen LogP contribution < -0.4 is 10.5 Å². The first-order valence-corrected chi connectivity index (χ1v) is 6.15. The van der Waals surface area contributed by atoms with E-state index >= 15 is 0 Å². The molecule has 1 aromatic rings. The van der Waals surface area contributed by atoms with Gasteiger partial charge in [-0.1, -0.05) is 24.6 Å². The van der Waals surface area contributed by atoms with Crippen molar-refractivity contribution in [3.63, 3.8) is 0 Å². The summed E-state index contributed by atoms with van der Waals surface area (Å²) in [5, 5.41) is 0.692. The molecule has 0 aliphatic carbocycles. The van der Waals surface area contributed by atoms with E-state index in [1.807, 2.05) is 19.9 Å². The molecule has 0 bridgehead atoms. The molecule has 0 aliphatic heterocycles. The van der Waals surface area contributed by atoms with E-state index in [1.54, 1.807) is 0 Å². The van der Waals surface area contributed by atoms with E-state index in [4.69, 9.17) is 22.1 Å². The molecule has 0 fully saturated rings. The Balaban J connectivity index is 3.11. The molecule has 0 saturated heterocycles. The van der Waals surface area contributed by atoms with E-state index in [-0.39, 0.29) is 6.04 Å². The fourth-order valence-corrected chi connectivity index (χ4v) is 2.04. The third kappa shape index (κ3) is 3.39. The lowest BCUT2D eigenvalue weighted by Gasteiger charge is -2.15. The largest absolute Gasteiger partial charge is 0.492 e. The summed E-state index contributed by atoms with van der Waals surface area (Å²) in [7, 11) is 0. The van der Waals surface area contributed by atoms with Gasteiger partial charge in [-0.15, -0.1) is 0 Å². The van der Waals surface area contributed by atoms with E-state index in [1.165, 1.54) is 5.56 Å². The predicted octanol–water partition coefficient (Wildman–Crippen LogP) is 3.19. The van der Waals surface area contributed by atoms with Gasteiger partial charge in [0.2, 0.25) is 0 Å². The van der Waals surface area contributed by atoms with Gasteiger partial charge in [-0.25, -0.2) is 0 Å². The highest BCUT2D eigenvalue weighted by Gasteiger charge is 2.11. The van der Waals surface area contributed by atoms with Crippen molar-refractivity contribution in [1.82, 2.24) is 0 Å². The Labute approximate surface area is 103 Å². The van der Waals surface area contributed by atoms with Crippen molar-refractivity contribution in [2.45, 2.75) is 39.7 Å². The molecule has 1 rings (SSSR count). The fourth-order valence-electron chi connectivity index (χ4n) is 1.72. The number of benzene rings is 1. The molecule has 16 heavy (non-hydrogen) atoms. The Morgan fingerprint density at radius 2 is 2.06 bits per heavy atom. The predicted molar refractivity (Wildman–Crippen MR) is 69.4 cm³/mol. The summed E-state index contributed by atoms with van der Waals surface area (Å²) in [6, 6.07) is 4.22. The molecular weight excluding hydrogens is 222 g/mol. The van der Waals surface area contributed by atoms with Crippen molar-refractivity contribution < 1.29 is 4.74 Å². The van der Waals surface area contributed by atoms with Crippen LogP contribution in [-0.2, 0) is 12.8 Å². The first-order valence-electron chi connectivity index (χ1n) is 5.78. The molecule has 2 N–H and O–H groups in total. The van der Waals surface area contributed by atoms with Crippen molar-refractivity contribution in [2.75, 3.05) is 6.61 Å². The van der Waals surface area contributed by atoms with Gasteiger partial charge in [0, 0.05) is 6.04 Å². The standard InChI is InChI=1S/C13H20ClNO/c1-4-10-7-11(6-9(3)15)13(16-5-2)12(14)8-10/h7-9H,4-6,15H2,1-3H3. The number of aryl methyl sites for hydroxylation is 1. The lowest BCUT2D eigenvalue weighted by atomic mass is 10.0. The summed E-state index contributed by atoms with van der Waals surface area (Å²) < 4.78 is 5.58. The Morgan fingerprint density at radius 3 is 2.56 bits per heavy atom. The van der Waals surface area contributed by atoms with Gasteiger partial charge in [-0.2, -0.15) is 0 Å². The number of halogens is 1. The number of hydrogen-bond donors (Lipinski definition) is 1. The van der Waals surface area contributed by atoms with Gasteiger partial charge >= 0.3 is 0 Å². The average molecular weight is 242 g/mol. The SMILES string of the molecule is CCOc1c(Cl)cc(CC)cc1CC(C)N. The molecule has 1 unspecified atom stereocenters. The smallest absolute Gasteiger partial charge is 0.141 e. The molecule has 1 atom stereocenters. The van der Waals surface area contributed by atoms with Gasteiger partial charge in [-0.05, 0) is 43.9 Å². The molecule has 0 heterocycles. The maximum absolute atomic E-state index is 6.21. The third-order valence-corrected chi connectivity index (χ3v) is 2.70. The van der Waals surface area contributed by atoms with Crippen LogP contribution >= 0.6 is 11.6 Å². The highest BCUT2D eigenvalue weighted by molar-refractivity contribution is 6.32. The van der Waals surface area contributed by atoms with E-state index < -0.39 is 0 Å². The zero-order valence-electron chi connectivity index (χ0n) is 10.2. The summed E-state index contributed by atoms with van der Waals surface area (Å²) in [6.07, 6.45) is 1.76. The van der Waals surface area contributed by atoms with Crippen molar-refractivity contribution >= 4 is 11.6 Å². The van der Waals surface area contributed by atoms with Gasteiger partial charge in [0.1, 0.15) is 5.75 Å². The molecule has 0 amide bonds. The number of rotatable bonds is 5. The average Bonchev–Trinajstić information content (AvgIpc) is 2.22. The minimum atomic E-state index is 0.113. The summed E-state index contributed by atoms with van der Waals surface area (Å²) in [4.78, 5) is 0. The molecular formula is C13H20ClNO. The fraction of sp³-hybridized carbons (Fsp3) is 0.538. The van der Waals surface area contributed by atoms with Crippen LogP contribution in [0.4, 0.5) is 0 Å². The third-order valence-electron chi connectivity index (χ3n) is 2.42. The second-order valence-corrected chi connectivity index (χ2v) is 4.44. The quantitative estimate of drug-likeness (QED) is 0.859. The first kappa shape index (κ1) is 13.3. The molecule has 2 nitrogen and oxygen atoms in total. The Hall–Kier alpha value is -0.730. The van der Waals surface area contributed by atoms with Crippen LogP contribution in [0.25, 0.3) is 0 Å². The highest BCUT2D eigenvalue weighted by Crippen LogP contribution is 2.31. The van der Waals surface area contributed by atoms with Crippen LogP contribution in [0, 0.1) is 0 Å². The molecule has 0 aliphatic rings. The molecule has 0 spiro atoms. The molecule has 90 valence electrons. The van der Waals surface area contributed by atoms with Crippen molar-refractivity contribution in [3.05, 3.63) is 28.3 Å². The van der Waals surface area contributed by atoms with Gasteiger partial charge in [0.05, 0.1) is 11.6 Å². The van der Waals surface area contributed by atoms with E-state index in [9.17, 15) is 0 Å². The lowest BCUT2D eigenvalue weighted by Crippen LogP contribution is -2.18. The van der Waals surface area contributed by atoms with Crippen molar-refractivity contribution in [1.29, 1.82) is 0 Å². The monoisotopic (exact) mass is 241 g/mol. The van der Waals surface area contributed by atoms with Crippen LogP contribution in [0.1, 0.15) is 31.9 Å². The zero-order chi connectivity index (χ0) is 12.1. The van der Waals surface area contributed by atoms with E-state index in [2.05, 4.69) is 13.0 Å². The summed E-state index contributed by atoms with van der Waals surface area (Å²) in [6.45, 7) is 6.68. The minimum absolute atomic E-state index is 0.113. The first-order chi connectivity index (χ1) is 7.58. The minimum Gasteiger partial charge on any atom is -0.492 e. The topological polar surface area (TPSA) is 35.2 Å². The molecule has 0 saturated carbocycles. The number of nitrogens with two attached hydrogens (primary N) is 1. The van der Waals surface area contributed by atoms with E-state index in [0.717, 1.165) is 24.2 Å².